The van der Waals surface area contributed by atoms with Gasteiger partial charge in [-0.1, -0.05) is 42.5 Å². The van der Waals surface area contributed by atoms with Gasteiger partial charge in [-0.05, 0) is 48.0 Å². The van der Waals surface area contributed by atoms with Crippen LogP contribution in [0.5, 0.6) is 0 Å². The molecule has 2 aromatic rings. The van der Waals surface area contributed by atoms with Gasteiger partial charge in [0, 0.05) is 25.9 Å². The van der Waals surface area contributed by atoms with Crippen LogP contribution in [-0.4, -0.2) is 46.7 Å². The number of carbonyl (C=O) groups is 4. The Balaban J connectivity index is 1.36. The molecular formula is C24H22N4O4S. The fourth-order valence-electron chi connectivity index (χ4n) is 3.45. The van der Waals surface area contributed by atoms with Crippen LogP contribution in [0.1, 0.15) is 24.0 Å². The third-order valence-electron chi connectivity index (χ3n) is 5.13. The minimum atomic E-state index is -0.424. The molecule has 0 aromatic heterocycles. The van der Waals surface area contributed by atoms with E-state index in [0.29, 0.717) is 10.6 Å². The Kier molecular flexibility index (Phi) is 6.69. The van der Waals surface area contributed by atoms with Crippen molar-refractivity contribution in [1.29, 1.82) is 0 Å². The zero-order valence-corrected chi connectivity index (χ0v) is 18.8. The first-order chi connectivity index (χ1) is 15.9. The third kappa shape index (κ3) is 5.20. The maximum absolute atomic E-state index is 12.6. The number of thioether (sulfide) groups is 1. The summed E-state index contributed by atoms with van der Waals surface area (Å²) in [4.78, 5) is 51.2. The second-order valence-electron chi connectivity index (χ2n) is 7.59. The fourth-order valence-corrected chi connectivity index (χ4v) is 4.32. The van der Waals surface area contributed by atoms with E-state index in [2.05, 4.69) is 10.4 Å². The van der Waals surface area contributed by atoms with Gasteiger partial charge in [-0.25, -0.2) is 5.01 Å². The highest BCUT2D eigenvalue weighted by atomic mass is 32.2. The van der Waals surface area contributed by atoms with Gasteiger partial charge >= 0.3 is 0 Å². The number of hydrogen-bond acceptors (Lipinski definition) is 6. The predicted octanol–water partition coefficient (Wildman–Crippen LogP) is 3.33. The Labute approximate surface area is 195 Å². The minimum absolute atomic E-state index is 0.0519. The molecule has 4 amide bonds. The molecule has 2 aliphatic heterocycles. The zero-order chi connectivity index (χ0) is 23.4. The Hall–Kier alpha value is -3.72. The molecular weight excluding hydrogens is 440 g/mol. The van der Waals surface area contributed by atoms with Crippen molar-refractivity contribution in [2.24, 2.45) is 5.10 Å². The van der Waals surface area contributed by atoms with E-state index in [9.17, 15) is 19.2 Å². The molecule has 0 spiro atoms. The monoisotopic (exact) mass is 462 g/mol. The van der Waals surface area contributed by atoms with Crippen molar-refractivity contribution in [2.45, 2.75) is 19.8 Å². The highest BCUT2D eigenvalue weighted by molar-refractivity contribution is 8.18. The van der Waals surface area contributed by atoms with Gasteiger partial charge in [-0.15, -0.1) is 0 Å². The Morgan fingerprint density at radius 2 is 1.88 bits per heavy atom. The molecule has 1 saturated heterocycles. The number of carbonyl (C=O) groups excluding carboxylic acids is 4. The average molecular weight is 463 g/mol. The Morgan fingerprint density at radius 3 is 2.64 bits per heavy atom. The van der Waals surface area contributed by atoms with E-state index in [1.54, 1.807) is 12.1 Å². The lowest BCUT2D eigenvalue weighted by Crippen LogP contribution is -2.42. The highest BCUT2D eigenvalue weighted by Gasteiger charge is 2.35. The Morgan fingerprint density at radius 1 is 1.09 bits per heavy atom. The van der Waals surface area contributed by atoms with Gasteiger partial charge in [-0.3, -0.25) is 24.1 Å². The van der Waals surface area contributed by atoms with Crippen LogP contribution in [0.4, 0.5) is 10.5 Å². The maximum Gasteiger partial charge on any atom is 0.293 e. The largest absolute Gasteiger partial charge is 0.349 e. The second kappa shape index (κ2) is 9.83. The number of nitrogens with zero attached hydrogens (tertiary/aromatic N) is 3. The van der Waals surface area contributed by atoms with Crippen LogP contribution in [0.3, 0.4) is 0 Å². The van der Waals surface area contributed by atoms with E-state index in [0.717, 1.165) is 27.8 Å². The van der Waals surface area contributed by atoms with E-state index < -0.39 is 5.91 Å². The summed E-state index contributed by atoms with van der Waals surface area (Å²) >= 11 is 0.881. The SMILES string of the molecule is Cc1cccc(N2N=C(C(=O)NCCN3C(=O)S/C(=C\c4ccccc4)C3=O)CCC2=O)c1. The van der Waals surface area contributed by atoms with Gasteiger partial charge in [0.2, 0.25) is 5.91 Å². The molecule has 0 bridgehead atoms. The van der Waals surface area contributed by atoms with Crippen molar-refractivity contribution in [3.63, 3.8) is 0 Å². The summed E-state index contributed by atoms with van der Waals surface area (Å²) in [5.74, 6) is -0.985. The van der Waals surface area contributed by atoms with Crippen molar-refractivity contribution < 1.29 is 19.2 Å². The fraction of sp³-hybridized carbons (Fsp3) is 0.208. The molecule has 2 aromatic carbocycles. The third-order valence-corrected chi connectivity index (χ3v) is 6.04. The van der Waals surface area contributed by atoms with Crippen molar-refractivity contribution in [1.82, 2.24) is 10.2 Å². The number of nitrogens with one attached hydrogen (secondary N) is 1. The molecule has 168 valence electrons. The smallest absolute Gasteiger partial charge is 0.293 e. The summed E-state index contributed by atoms with van der Waals surface area (Å²) in [7, 11) is 0. The number of aryl methyl sites for hydroxylation is 1. The lowest BCUT2D eigenvalue weighted by molar-refractivity contribution is -0.123. The molecule has 0 aliphatic carbocycles. The van der Waals surface area contributed by atoms with Crippen LogP contribution in [0.2, 0.25) is 0 Å². The molecule has 0 unspecified atom stereocenters. The minimum Gasteiger partial charge on any atom is -0.349 e. The van der Waals surface area contributed by atoms with E-state index in [4.69, 9.17) is 0 Å². The molecule has 9 heteroatoms. The van der Waals surface area contributed by atoms with Gasteiger partial charge in [-0.2, -0.15) is 5.10 Å². The van der Waals surface area contributed by atoms with Crippen LogP contribution < -0.4 is 10.3 Å². The van der Waals surface area contributed by atoms with Crippen molar-refractivity contribution >= 4 is 52.2 Å². The summed E-state index contributed by atoms with van der Waals surface area (Å²) in [6, 6.07) is 16.6. The lowest BCUT2D eigenvalue weighted by atomic mass is 10.1. The van der Waals surface area contributed by atoms with Crippen LogP contribution in [-0.2, 0) is 14.4 Å². The van der Waals surface area contributed by atoms with Crippen molar-refractivity contribution in [2.75, 3.05) is 18.1 Å². The van der Waals surface area contributed by atoms with Gasteiger partial charge in [0.1, 0.15) is 5.71 Å². The van der Waals surface area contributed by atoms with Crippen LogP contribution in [0.15, 0.2) is 64.6 Å². The molecule has 2 heterocycles. The number of amides is 4. The molecule has 0 radical (unpaired) electrons. The molecule has 4 rings (SSSR count). The van der Waals surface area contributed by atoms with E-state index in [1.165, 1.54) is 5.01 Å². The quantitative estimate of drug-likeness (QED) is 0.664. The van der Waals surface area contributed by atoms with Gasteiger partial charge in [0.05, 0.1) is 10.6 Å². The number of rotatable bonds is 6. The van der Waals surface area contributed by atoms with Crippen LogP contribution >= 0.6 is 11.8 Å². The molecule has 2 aliphatic rings. The lowest BCUT2D eigenvalue weighted by Gasteiger charge is -2.23. The molecule has 1 N–H and O–H groups in total. The van der Waals surface area contributed by atoms with Crippen LogP contribution in [0.25, 0.3) is 6.08 Å². The number of hydrazone groups is 1. The first-order valence-electron chi connectivity index (χ1n) is 10.5. The van der Waals surface area contributed by atoms with Crippen molar-refractivity contribution in [3.05, 3.63) is 70.6 Å². The first kappa shape index (κ1) is 22.5. The summed E-state index contributed by atoms with van der Waals surface area (Å²) in [6.45, 7) is 2.05. The average Bonchev–Trinajstić information content (AvgIpc) is 3.07. The van der Waals surface area contributed by atoms with Gasteiger partial charge < -0.3 is 5.32 Å². The number of hydrogen-bond donors (Lipinski definition) is 1. The number of benzene rings is 2. The second-order valence-corrected chi connectivity index (χ2v) is 8.58. The summed E-state index contributed by atoms with van der Waals surface area (Å²) in [6.07, 6.45) is 2.08. The van der Waals surface area contributed by atoms with E-state index in [1.807, 2.05) is 55.5 Å². The van der Waals surface area contributed by atoms with E-state index in [-0.39, 0.29) is 48.7 Å². The molecule has 0 atom stereocenters. The number of anilines is 1. The number of imide groups is 1. The summed E-state index contributed by atoms with van der Waals surface area (Å²) in [5, 5.41) is 7.82. The molecule has 33 heavy (non-hydrogen) atoms. The molecule has 0 saturated carbocycles. The standard InChI is InChI=1S/C24H22N4O4S/c1-16-6-5-9-18(14-16)28-21(29)11-10-19(26-28)22(30)25-12-13-27-23(31)20(33-24(27)32)15-17-7-3-2-4-8-17/h2-9,14-15H,10-13H2,1H3,(H,25,30)/b20-15-. The van der Waals surface area contributed by atoms with Crippen molar-refractivity contribution in [3.8, 4) is 0 Å². The van der Waals surface area contributed by atoms with Gasteiger partial charge in [0.15, 0.2) is 0 Å². The topological polar surface area (TPSA) is 99.2 Å². The van der Waals surface area contributed by atoms with Crippen LogP contribution in [0, 0.1) is 6.92 Å². The van der Waals surface area contributed by atoms with E-state index >= 15 is 0 Å². The molecule has 1 fully saturated rings. The Bertz CT molecular complexity index is 1180. The predicted molar refractivity (Wildman–Crippen MR) is 127 cm³/mol. The van der Waals surface area contributed by atoms with Gasteiger partial charge in [0.25, 0.3) is 17.1 Å². The molecule has 8 nitrogen and oxygen atoms in total. The first-order valence-corrected chi connectivity index (χ1v) is 11.3. The normalized spacial score (nSPS) is 17.5. The zero-order valence-electron chi connectivity index (χ0n) is 18.0. The summed E-state index contributed by atoms with van der Waals surface area (Å²) < 4.78 is 0. The summed E-state index contributed by atoms with van der Waals surface area (Å²) in [5.41, 5.74) is 2.65. The highest BCUT2D eigenvalue weighted by Crippen LogP contribution is 2.31. The maximum atomic E-state index is 12.6.